The van der Waals surface area contributed by atoms with E-state index < -0.39 is 0 Å². The van der Waals surface area contributed by atoms with E-state index in [1.165, 1.54) is 76.3 Å². The molecule has 198 valence electrons. The lowest BCUT2D eigenvalue weighted by Gasteiger charge is -2.59. The van der Waals surface area contributed by atoms with Crippen LogP contribution in [0, 0.1) is 17.8 Å². The predicted molar refractivity (Wildman–Crippen MR) is 145 cm³/mol. The second-order valence-electron chi connectivity index (χ2n) is 13.0. The fourth-order valence-electron chi connectivity index (χ4n) is 9.07. The Labute approximate surface area is 219 Å². The Morgan fingerprint density at radius 2 is 1.86 bits per heavy atom. The van der Waals surface area contributed by atoms with Crippen LogP contribution in [0.2, 0.25) is 0 Å². The van der Waals surface area contributed by atoms with Crippen molar-refractivity contribution in [2.75, 3.05) is 26.2 Å². The topological polar surface area (TPSA) is 32.8 Å². The number of likely N-dealkylation sites (tertiary alicyclic amines) is 2. The smallest absolute Gasteiger partial charge is 0.226 e. The van der Waals surface area contributed by atoms with E-state index in [1.54, 1.807) is 5.56 Å². The van der Waals surface area contributed by atoms with E-state index in [1.807, 2.05) is 0 Å². The molecule has 4 heteroatoms. The molecule has 0 N–H and O–H groups in total. The van der Waals surface area contributed by atoms with Crippen LogP contribution in [0.4, 0.5) is 0 Å². The lowest BCUT2D eigenvalue weighted by Crippen LogP contribution is -2.63. The van der Waals surface area contributed by atoms with Gasteiger partial charge in [-0.25, -0.2) is 0 Å². The first kappa shape index (κ1) is 24.8. The van der Waals surface area contributed by atoms with Crippen molar-refractivity contribution in [1.29, 1.82) is 0 Å². The van der Waals surface area contributed by atoms with E-state index in [-0.39, 0.29) is 5.54 Å². The van der Waals surface area contributed by atoms with Gasteiger partial charge in [-0.1, -0.05) is 18.9 Å². The SMILES string of the molecule is C[C@@H]1CCCN1CCCOc1ccc2c(c1)CC[C@@H]1[C@@H]2CC[C@@]2(C)[C@H]1CCCN2C(=O)C1CCCC1. The molecular weight excluding hydrogens is 444 g/mol. The van der Waals surface area contributed by atoms with Gasteiger partial charge >= 0.3 is 0 Å². The molecule has 2 saturated heterocycles. The van der Waals surface area contributed by atoms with Crippen molar-refractivity contribution in [2.24, 2.45) is 17.8 Å². The van der Waals surface area contributed by atoms with Crippen LogP contribution < -0.4 is 4.74 Å². The van der Waals surface area contributed by atoms with Gasteiger partial charge in [-0.2, -0.15) is 0 Å². The molecule has 0 aromatic heterocycles. The first-order valence-electron chi connectivity index (χ1n) is 15.4. The molecule has 36 heavy (non-hydrogen) atoms. The van der Waals surface area contributed by atoms with E-state index >= 15 is 0 Å². The summed E-state index contributed by atoms with van der Waals surface area (Å²) in [6.45, 7) is 9.05. The van der Waals surface area contributed by atoms with Crippen LogP contribution in [0.25, 0.3) is 0 Å². The van der Waals surface area contributed by atoms with Gasteiger partial charge in [0, 0.05) is 30.6 Å². The van der Waals surface area contributed by atoms with Crippen LogP contribution in [-0.2, 0) is 11.2 Å². The second-order valence-corrected chi connectivity index (χ2v) is 13.0. The molecule has 1 aromatic rings. The number of piperidine rings is 1. The molecule has 5 aliphatic rings. The summed E-state index contributed by atoms with van der Waals surface area (Å²) < 4.78 is 6.22. The number of carbonyl (C=O) groups is 1. The van der Waals surface area contributed by atoms with E-state index in [9.17, 15) is 4.79 Å². The Morgan fingerprint density at radius 1 is 1.03 bits per heavy atom. The van der Waals surface area contributed by atoms with E-state index in [0.29, 0.717) is 23.7 Å². The van der Waals surface area contributed by atoms with Crippen LogP contribution in [0.3, 0.4) is 0 Å². The lowest BCUT2D eigenvalue weighted by molar-refractivity contribution is -0.152. The van der Waals surface area contributed by atoms with Crippen molar-refractivity contribution in [3.8, 4) is 5.75 Å². The maximum Gasteiger partial charge on any atom is 0.226 e. The highest BCUT2D eigenvalue weighted by Crippen LogP contribution is 2.56. The quantitative estimate of drug-likeness (QED) is 0.421. The zero-order chi connectivity index (χ0) is 24.7. The Bertz CT molecular complexity index is 940. The van der Waals surface area contributed by atoms with Gasteiger partial charge in [0.05, 0.1) is 6.61 Å². The van der Waals surface area contributed by atoms with Crippen molar-refractivity contribution in [3.05, 3.63) is 29.3 Å². The van der Waals surface area contributed by atoms with Crippen molar-refractivity contribution in [2.45, 2.75) is 115 Å². The Balaban J connectivity index is 1.10. The minimum Gasteiger partial charge on any atom is -0.494 e. The molecule has 2 aliphatic heterocycles. The van der Waals surface area contributed by atoms with Gasteiger partial charge in [0.25, 0.3) is 0 Å². The summed E-state index contributed by atoms with van der Waals surface area (Å²) in [7, 11) is 0. The number of carbonyl (C=O) groups excluding carboxylic acids is 1. The minimum atomic E-state index is 0.0759. The lowest BCUT2D eigenvalue weighted by atomic mass is 9.55. The van der Waals surface area contributed by atoms with Gasteiger partial charge in [0.2, 0.25) is 5.91 Å². The number of aryl methyl sites for hydroxylation is 1. The zero-order valence-electron chi connectivity index (χ0n) is 22.9. The molecule has 2 heterocycles. The molecule has 4 fully saturated rings. The molecule has 0 unspecified atom stereocenters. The number of benzene rings is 1. The number of rotatable bonds is 6. The van der Waals surface area contributed by atoms with E-state index in [2.05, 4.69) is 41.8 Å². The maximum absolute atomic E-state index is 13.6. The van der Waals surface area contributed by atoms with Crippen LogP contribution in [0.1, 0.15) is 108 Å². The number of fused-ring (bicyclic) bond motifs is 5. The van der Waals surface area contributed by atoms with Crippen molar-refractivity contribution < 1.29 is 9.53 Å². The minimum absolute atomic E-state index is 0.0759. The summed E-state index contributed by atoms with van der Waals surface area (Å²) in [5.74, 6) is 3.92. The largest absolute Gasteiger partial charge is 0.494 e. The molecular formula is C32H48N2O2. The van der Waals surface area contributed by atoms with Crippen LogP contribution in [-0.4, -0.2) is 53.5 Å². The van der Waals surface area contributed by atoms with Gasteiger partial charge < -0.3 is 14.5 Å². The summed E-state index contributed by atoms with van der Waals surface area (Å²) in [6.07, 6.45) is 15.9. The van der Waals surface area contributed by atoms with Crippen molar-refractivity contribution in [3.63, 3.8) is 0 Å². The van der Waals surface area contributed by atoms with Gasteiger partial charge in [-0.3, -0.25) is 4.79 Å². The normalized spacial score (nSPS) is 34.8. The molecule has 0 radical (unpaired) electrons. The molecule has 3 aliphatic carbocycles. The second kappa shape index (κ2) is 10.3. The summed E-state index contributed by atoms with van der Waals surface area (Å²) in [4.78, 5) is 18.6. The first-order chi connectivity index (χ1) is 17.5. The molecule has 0 spiro atoms. The fourth-order valence-corrected chi connectivity index (χ4v) is 9.07. The third-order valence-electron chi connectivity index (χ3n) is 11.1. The van der Waals surface area contributed by atoms with E-state index in [0.717, 1.165) is 56.7 Å². The average molecular weight is 493 g/mol. The van der Waals surface area contributed by atoms with Gasteiger partial charge in [0.15, 0.2) is 0 Å². The van der Waals surface area contributed by atoms with Gasteiger partial charge in [0.1, 0.15) is 5.75 Å². The first-order valence-corrected chi connectivity index (χ1v) is 15.4. The summed E-state index contributed by atoms with van der Waals surface area (Å²) in [6, 6.07) is 7.74. The summed E-state index contributed by atoms with van der Waals surface area (Å²) in [5, 5.41) is 0. The molecule has 6 rings (SSSR count). The molecule has 2 saturated carbocycles. The van der Waals surface area contributed by atoms with Crippen LogP contribution >= 0.6 is 0 Å². The fraction of sp³-hybridized carbons (Fsp3) is 0.781. The van der Waals surface area contributed by atoms with Crippen molar-refractivity contribution >= 4 is 5.91 Å². The Hall–Kier alpha value is -1.55. The van der Waals surface area contributed by atoms with Crippen LogP contribution in [0.5, 0.6) is 5.75 Å². The van der Waals surface area contributed by atoms with Gasteiger partial charge in [-0.05, 0) is 132 Å². The summed E-state index contributed by atoms with van der Waals surface area (Å²) >= 11 is 0. The standard InChI is InChI=1S/C32H48N2O2/c1-23-8-5-18-33(23)19-7-21-36-26-13-15-27-25(22-26)12-14-29-28(27)16-17-32(2)30(29)11-6-20-34(32)31(35)24-9-3-4-10-24/h13,15,22-24,28-30H,3-12,14,16-21H2,1-2H3/t23-,28-,29-,30+,32+/m1/s1. The van der Waals surface area contributed by atoms with Crippen molar-refractivity contribution in [1.82, 2.24) is 9.80 Å². The monoisotopic (exact) mass is 492 g/mol. The average Bonchev–Trinajstić information content (AvgIpc) is 3.57. The highest BCUT2D eigenvalue weighted by Gasteiger charge is 2.54. The van der Waals surface area contributed by atoms with Gasteiger partial charge in [-0.15, -0.1) is 0 Å². The predicted octanol–water partition coefficient (Wildman–Crippen LogP) is 6.57. The maximum atomic E-state index is 13.6. The molecule has 1 aromatic carbocycles. The molecule has 5 atom stereocenters. The molecule has 1 amide bonds. The summed E-state index contributed by atoms with van der Waals surface area (Å²) in [5.41, 5.74) is 3.19. The Morgan fingerprint density at radius 3 is 2.67 bits per heavy atom. The highest BCUT2D eigenvalue weighted by molar-refractivity contribution is 5.80. The number of hydrogen-bond donors (Lipinski definition) is 0. The molecule has 4 nitrogen and oxygen atoms in total. The third-order valence-corrected chi connectivity index (χ3v) is 11.1. The third kappa shape index (κ3) is 4.50. The molecule has 0 bridgehead atoms. The Kier molecular flexibility index (Phi) is 7.09. The zero-order valence-corrected chi connectivity index (χ0v) is 22.9. The highest BCUT2D eigenvalue weighted by atomic mass is 16.5. The number of ether oxygens (including phenoxy) is 1. The number of hydrogen-bond acceptors (Lipinski definition) is 3. The number of amides is 1. The number of nitrogens with zero attached hydrogens (tertiary/aromatic N) is 2. The van der Waals surface area contributed by atoms with Crippen LogP contribution in [0.15, 0.2) is 18.2 Å². The van der Waals surface area contributed by atoms with E-state index in [4.69, 9.17) is 4.74 Å².